The largest absolute Gasteiger partial charge is 0.494 e. The summed E-state index contributed by atoms with van der Waals surface area (Å²) in [7, 11) is 1.60. The highest BCUT2D eigenvalue weighted by Gasteiger charge is 2.20. The highest BCUT2D eigenvalue weighted by atomic mass is 32.2. The normalized spacial score (nSPS) is 12.3. The van der Waals surface area contributed by atoms with E-state index in [0.29, 0.717) is 22.2 Å². The van der Waals surface area contributed by atoms with Gasteiger partial charge in [-0.3, -0.25) is 9.59 Å². The number of benzene rings is 1. The first kappa shape index (κ1) is 22.4. The quantitative estimate of drug-likeness (QED) is 0.346. The summed E-state index contributed by atoms with van der Waals surface area (Å²) in [6.07, 6.45) is 0.0468. The topological polar surface area (TPSA) is 92.3 Å². The van der Waals surface area contributed by atoms with Crippen LogP contribution < -0.4 is 20.7 Å². The van der Waals surface area contributed by atoms with Crippen LogP contribution in [0.2, 0.25) is 0 Å². The summed E-state index contributed by atoms with van der Waals surface area (Å²) in [6.45, 7) is 7.78. The van der Waals surface area contributed by atoms with Crippen LogP contribution in [0.25, 0.3) is 10.2 Å². The summed E-state index contributed by atoms with van der Waals surface area (Å²) in [4.78, 5) is 26.6. The van der Waals surface area contributed by atoms with Crippen molar-refractivity contribution in [1.29, 1.82) is 0 Å². The number of rotatable bonds is 7. The third-order valence-corrected chi connectivity index (χ3v) is 6.38. The van der Waals surface area contributed by atoms with E-state index in [1.54, 1.807) is 18.4 Å². The van der Waals surface area contributed by atoms with E-state index in [0.717, 1.165) is 20.9 Å². The molecule has 2 rings (SSSR count). The second-order valence-corrected chi connectivity index (χ2v) is 9.78. The zero-order valence-corrected chi connectivity index (χ0v) is 18.9. The molecular formula is C18H24N4O3S3. The van der Waals surface area contributed by atoms with Crippen molar-refractivity contribution >= 4 is 67.9 Å². The van der Waals surface area contributed by atoms with Gasteiger partial charge in [0.15, 0.2) is 0 Å². The van der Waals surface area contributed by atoms with Crippen LogP contribution in [0.5, 0.6) is 5.75 Å². The Bertz CT molecular complexity index is 877. The Kier molecular flexibility index (Phi) is 7.62. The van der Waals surface area contributed by atoms with Crippen molar-refractivity contribution in [1.82, 2.24) is 15.6 Å². The van der Waals surface area contributed by atoms with Crippen LogP contribution in [-0.2, 0) is 15.0 Å². The van der Waals surface area contributed by atoms with E-state index < -0.39 is 6.17 Å². The smallest absolute Gasteiger partial charge is 0.218 e. The lowest BCUT2D eigenvalue weighted by atomic mass is 9.98. The van der Waals surface area contributed by atoms with E-state index in [4.69, 9.17) is 21.9 Å². The minimum atomic E-state index is -0.500. The number of fused-ring (bicyclic) bond motifs is 1. The molecule has 1 unspecified atom stereocenters. The van der Waals surface area contributed by atoms with Gasteiger partial charge in [-0.15, -0.1) is 11.3 Å². The van der Waals surface area contributed by atoms with E-state index in [9.17, 15) is 9.59 Å². The molecule has 7 nitrogen and oxygen atoms in total. The van der Waals surface area contributed by atoms with Gasteiger partial charge in [-0.05, 0) is 6.07 Å². The van der Waals surface area contributed by atoms with Gasteiger partial charge in [0.25, 0.3) is 0 Å². The Morgan fingerprint density at radius 3 is 2.71 bits per heavy atom. The van der Waals surface area contributed by atoms with Gasteiger partial charge in [-0.1, -0.05) is 44.8 Å². The van der Waals surface area contributed by atoms with Gasteiger partial charge in [0.2, 0.25) is 12.3 Å². The fraction of sp³-hybridized carbons (Fsp3) is 0.444. The number of hydrogen-bond donors (Lipinski definition) is 3. The number of amides is 2. The molecule has 28 heavy (non-hydrogen) atoms. The monoisotopic (exact) mass is 440 g/mol. The average Bonchev–Trinajstić information content (AvgIpc) is 3.02. The molecular weight excluding hydrogens is 416 g/mol. The predicted octanol–water partition coefficient (Wildman–Crippen LogP) is 3.24. The molecule has 152 valence electrons. The molecule has 0 fully saturated rings. The second-order valence-electron chi connectivity index (χ2n) is 7.05. The van der Waals surface area contributed by atoms with Crippen LogP contribution in [0.15, 0.2) is 12.1 Å². The van der Waals surface area contributed by atoms with Crippen molar-refractivity contribution in [2.75, 3.05) is 18.2 Å². The maximum Gasteiger partial charge on any atom is 0.218 e. The number of aromatic nitrogens is 1. The molecule has 1 aromatic heterocycles. The number of nitrogens with zero attached hydrogens (tertiary/aromatic N) is 1. The number of ether oxygens (including phenoxy) is 1. The number of hydrogen-bond acceptors (Lipinski definition) is 7. The van der Waals surface area contributed by atoms with E-state index in [1.807, 2.05) is 12.1 Å². The molecule has 0 saturated heterocycles. The predicted molar refractivity (Wildman–Crippen MR) is 120 cm³/mol. The number of thiocarbonyl (C=S) groups is 1. The maximum atomic E-state index is 11.2. The first-order valence-electron chi connectivity index (χ1n) is 8.53. The number of anilines is 1. The third-order valence-electron chi connectivity index (χ3n) is 3.62. The first-order chi connectivity index (χ1) is 13.1. The van der Waals surface area contributed by atoms with Crippen molar-refractivity contribution in [3.8, 4) is 5.75 Å². The number of nitrogens with one attached hydrogen (secondary N) is 3. The fourth-order valence-corrected chi connectivity index (χ4v) is 4.34. The van der Waals surface area contributed by atoms with Gasteiger partial charge < -0.3 is 20.7 Å². The molecule has 1 atom stereocenters. The zero-order chi connectivity index (χ0) is 20.9. The summed E-state index contributed by atoms with van der Waals surface area (Å²) in [5.74, 6) is 0.806. The van der Waals surface area contributed by atoms with Crippen molar-refractivity contribution < 1.29 is 14.3 Å². The van der Waals surface area contributed by atoms with Crippen LogP contribution >= 0.6 is 35.3 Å². The Balaban J connectivity index is 2.14. The summed E-state index contributed by atoms with van der Waals surface area (Å²) >= 11 is 8.36. The van der Waals surface area contributed by atoms with Crippen molar-refractivity contribution in [3.05, 3.63) is 17.1 Å². The zero-order valence-electron chi connectivity index (χ0n) is 16.4. The molecule has 0 aliphatic rings. The molecule has 10 heteroatoms. The number of carbonyl (C=O) groups is 2. The molecule has 1 heterocycles. The SMILES string of the molecule is COc1cc2nc(C(C)(C)C)sc2cc1NC(=S)SCC(NC=O)NC(C)=O. The summed E-state index contributed by atoms with van der Waals surface area (Å²) in [6, 6.07) is 3.87. The van der Waals surface area contributed by atoms with Gasteiger partial charge in [-0.25, -0.2) is 4.98 Å². The first-order valence-corrected chi connectivity index (χ1v) is 10.7. The molecule has 0 spiro atoms. The standard InChI is InChI=1S/C18H24N4O3S3/c1-10(24)20-15(19-9-23)8-27-17(26)22-11-7-14-12(6-13(11)25-5)21-16(28-14)18(2,3)4/h6-7,9,15H,8H2,1-5H3,(H,19,23)(H,20,24)(H,22,26). The van der Waals surface area contributed by atoms with Crippen molar-refractivity contribution in [2.24, 2.45) is 0 Å². The summed E-state index contributed by atoms with van der Waals surface area (Å²) in [5.41, 5.74) is 1.60. The van der Waals surface area contributed by atoms with E-state index in [-0.39, 0.29) is 11.3 Å². The van der Waals surface area contributed by atoms with Gasteiger partial charge in [0.05, 0.1) is 28.0 Å². The molecule has 0 bridgehead atoms. The number of thiazole rings is 1. The van der Waals surface area contributed by atoms with Crippen LogP contribution in [0.4, 0.5) is 5.69 Å². The lowest BCUT2D eigenvalue weighted by molar-refractivity contribution is -0.120. The molecule has 2 amide bonds. The Labute approximate surface area is 178 Å². The van der Waals surface area contributed by atoms with Crippen LogP contribution in [0.1, 0.15) is 32.7 Å². The van der Waals surface area contributed by atoms with Crippen LogP contribution in [-0.4, -0.2) is 40.7 Å². The van der Waals surface area contributed by atoms with Crippen LogP contribution in [0, 0.1) is 0 Å². The average molecular weight is 441 g/mol. The Morgan fingerprint density at radius 1 is 1.43 bits per heavy atom. The molecule has 0 radical (unpaired) electrons. The molecule has 0 aliphatic heterocycles. The maximum absolute atomic E-state index is 11.2. The minimum absolute atomic E-state index is 0.0278. The fourth-order valence-electron chi connectivity index (χ4n) is 2.31. The van der Waals surface area contributed by atoms with E-state index in [1.165, 1.54) is 18.7 Å². The highest BCUT2D eigenvalue weighted by Crippen LogP contribution is 2.37. The van der Waals surface area contributed by atoms with Gasteiger partial charge in [0, 0.05) is 24.2 Å². The highest BCUT2D eigenvalue weighted by molar-refractivity contribution is 8.23. The third kappa shape index (κ3) is 6.05. The number of carbonyl (C=O) groups excluding carboxylic acids is 2. The number of methoxy groups -OCH3 is 1. The Hall–Kier alpha value is -1.91. The molecule has 2 aromatic rings. The summed E-state index contributed by atoms with van der Waals surface area (Å²) in [5, 5.41) is 9.41. The number of thioether (sulfide) groups is 1. The van der Waals surface area contributed by atoms with Gasteiger partial charge >= 0.3 is 0 Å². The molecule has 0 aliphatic carbocycles. The minimum Gasteiger partial charge on any atom is -0.494 e. The molecule has 1 aromatic carbocycles. The lowest BCUT2D eigenvalue weighted by Gasteiger charge is -2.17. The molecule has 0 saturated carbocycles. The van der Waals surface area contributed by atoms with Crippen LogP contribution in [0.3, 0.4) is 0 Å². The van der Waals surface area contributed by atoms with E-state index >= 15 is 0 Å². The van der Waals surface area contributed by atoms with E-state index in [2.05, 4.69) is 36.7 Å². The Morgan fingerprint density at radius 2 is 2.14 bits per heavy atom. The molecule has 3 N–H and O–H groups in total. The van der Waals surface area contributed by atoms with Gasteiger partial charge in [-0.2, -0.15) is 0 Å². The van der Waals surface area contributed by atoms with Gasteiger partial charge in [0.1, 0.15) is 16.2 Å². The second kappa shape index (κ2) is 9.53. The van der Waals surface area contributed by atoms with Crippen molar-refractivity contribution in [2.45, 2.75) is 39.3 Å². The summed E-state index contributed by atoms with van der Waals surface area (Å²) < 4.78 is 7.03. The lowest BCUT2D eigenvalue weighted by Crippen LogP contribution is -2.46. The van der Waals surface area contributed by atoms with Crippen molar-refractivity contribution in [3.63, 3.8) is 0 Å².